The number of aliphatic hydroxyl groups is 1. The SMILES string of the molecule is C=CCN(CCCC)C(=O)C1N([C@@H](CO)Cc2ccccc2)C(=O)[C@@H]2[C@@H](C(=O)N(CC=C)CCC)[C@H]3CC(C)C12S3. The van der Waals surface area contributed by atoms with E-state index in [4.69, 9.17) is 0 Å². The number of thioether (sulfide) groups is 1. The lowest BCUT2D eigenvalue weighted by molar-refractivity contribution is -0.147. The van der Waals surface area contributed by atoms with Gasteiger partial charge in [0.05, 0.1) is 29.2 Å². The number of benzene rings is 1. The van der Waals surface area contributed by atoms with E-state index in [1.54, 1.807) is 28.8 Å². The second-order valence-corrected chi connectivity index (χ2v) is 13.4. The van der Waals surface area contributed by atoms with Crippen molar-refractivity contribution in [2.45, 2.75) is 75.0 Å². The molecule has 8 heteroatoms. The maximum atomic E-state index is 14.7. The second kappa shape index (κ2) is 13.6. The molecule has 7 atom stereocenters. The largest absolute Gasteiger partial charge is 0.394 e. The Labute approximate surface area is 250 Å². The number of unbranched alkanes of at least 4 members (excludes halogenated alkanes) is 1. The molecule has 1 spiro atoms. The predicted octanol–water partition coefficient (Wildman–Crippen LogP) is 4.17. The Hall–Kier alpha value is -2.58. The highest BCUT2D eigenvalue weighted by atomic mass is 32.2. The van der Waals surface area contributed by atoms with Crippen LogP contribution in [0.15, 0.2) is 55.6 Å². The molecule has 0 radical (unpaired) electrons. The molecule has 2 bridgehead atoms. The van der Waals surface area contributed by atoms with Gasteiger partial charge in [-0.1, -0.05) is 69.7 Å². The summed E-state index contributed by atoms with van der Waals surface area (Å²) in [6.45, 7) is 15.8. The summed E-state index contributed by atoms with van der Waals surface area (Å²) in [5.41, 5.74) is 0.992. The molecular formula is C33H47N3O4S. The zero-order valence-electron chi connectivity index (χ0n) is 24.9. The van der Waals surface area contributed by atoms with Gasteiger partial charge in [0.2, 0.25) is 17.7 Å². The third kappa shape index (κ3) is 5.62. The van der Waals surface area contributed by atoms with Crippen LogP contribution >= 0.6 is 11.8 Å². The molecule has 0 saturated carbocycles. The molecule has 7 nitrogen and oxygen atoms in total. The van der Waals surface area contributed by atoms with E-state index in [2.05, 4.69) is 27.0 Å². The van der Waals surface area contributed by atoms with Crippen LogP contribution in [0.3, 0.4) is 0 Å². The van der Waals surface area contributed by atoms with E-state index in [9.17, 15) is 19.5 Å². The third-order valence-electron chi connectivity index (χ3n) is 9.22. The van der Waals surface area contributed by atoms with Gasteiger partial charge in [-0.25, -0.2) is 0 Å². The highest BCUT2D eigenvalue weighted by Crippen LogP contribution is 2.69. The predicted molar refractivity (Wildman–Crippen MR) is 165 cm³/mol. The molecule has 3 unspecified atom stereocenters. The van der Waals surface area contributed by atoms with Crippen molar-refractivity contribution in [1.29, 1.82) is 0 Å². The van der Waals surface area contributed by atoms with Crippen molar-refractivity contribution in [3.05, 3.63) is 61.2 Å². The normalized spacial score (nSPS) is 28.8. The van der Waals surface area contributed by atoms with E-state index in [1.165, 1.54) is 0 Å². The van der Waals surface area contributed by atoms with E-state index in [0.717, 1.165) is 31.2 Å². The standard InChI is InChI=1S/C33H47N3O4S/c1-6-10-19-35(18-9-4)32(40)29-33-23(5)20-26(41-33)27(30(38)34(16-7-2)17-8-3)28(33)31(39)36(29)25(22-37)21-24-14-12-11-13-15-24/h7,9,11-15,23,25-29,37H,2,4,6,8,10,16-22H2,1,3,5H3/t23?,25-,26-,27+,28+,29?,33?/m1/s1. The van der Waals surface area contributed by atoms with Crippen LogP contribution in [0.5, 0.6) is 0 Å². The number of rotatable bonds is 15. The summed E-state index contributed by atoms with van der Waals surface area (Å²) in [6, 6.07) is 8.47. The molecule has 1 aromatic carbocycles. The van der Waals surface area contributed by atoms with Crippen molar-refractivity contribution in [1.82, 2.24) is 14.7 Å². The van der Waals surface area contributed by atoms with Crippen LogP contribution in [0.4, 0.5) is 0 Å². The van der Waals surface area contributed by atoms with E-state index in [0.29, 0.717) is 32.6 Å². The van der Waals surface area contributed by atoms with Crippen molar-refractivity contribution in [2.24, 2.45) is 17.8 Å². The minimum atomic E-state index is -0.750. The molecule has 0 aromatic heterocycles. The van der Waals surface area contributed by atoms with Gasteiger partial charge in [-0.05, 0) is 37.2 Å². The number of hydrogen-bond acceptors (Lipinski definition) is 5. The van der Waals surface area contributed by atoms with E-state index >= 15 is 0 Å². The van der Waals surface area contributed by atoms with Crippen LogP contribution in [-0.2, 0) is 20.8 Å². The van der Waals surface area contributed by atoms with Gasteiger partial charge in [0.1, 0.15) is 6.04 Å². The van der Waals surface area contributed by atoms with Crippen molar-refractivity contribution in [3.63, 3.8) is 0 Å². The summed E-state index contributed by atoms with van der Waals surface area (Å²) >= 11 is 1.69. The van der Waals surface area contributed by atoms with Crippen molar-refractivity contribution in [2.75, 3.05) is 32.8 Å². The first-order valence-corrected chi connectivity index (χ1v) is 16.1. The first-order valence-electron chi connectivity index (χ1n) is 15.2. The smallest absolute Gasteiger partial charge is 0.247 e. The minimum Gasteiger partial charge on any atom is -0.394 e. The van der Waals surface area contributed by atoms with Gasteiger partial charge in [0.25, 0.3) is 0 Å². The summed E-state index contributed by atoms with van der Waals surface area (Å²) in [5, 5.41) is 10.7. The van der Waals surface area contributed by atoms with Crippen molar-refractivity contribution < 1.29 is 19.5 Å². The lowest BCUT2D eigenvalue weighted by atomic mass is 9.65. The maximum Gasteiger partial charge on any atom is 0.247 e. The molecule has 0 aliphatic carbocycles. The molecule has 3 aliphatic heterocycles. The van der Waals surface area contributed by atoms with Gasteiger partial charge in [-0.15, -0.1) is 24.9 Å². The molecule has 3 fully saturated rings. The number of hydrogen-bond donors (Lipinski definition) is 1. The van der Waals surface area contributed by atoms with Crippen LogP contribution in [0.2, 0.25) is 0 Å². The van der Waals surface area contributed by atoms with Gasteiger partial charge in [0, 0.05) is 31.4 Å². The Bertz CT molecular complexity index is 1110. The molecule has 224 valence electrons. The molecular weight excluding hydrogens is 534 g/mol. The highest BCUT2D eigenvalue weighted by molar-refractivity contribution is 8.02. The quantitative estimate of drug-likeness (QED) is 0.315. The van der Waals surface area contributed by atoms with Crippen LogP contribution < -0.4 is 0 Å². The Morgan fingerprint density at radius 3 is 2.34 bits per heavy atom. The molecule has 41 heavy (non-hydrogen) atoms. The Morgan fingerprint density at radius 1 is 1.10 bits per heavy atom. The maximum absolute atomic E-state index is 14.7. The molecule has 3 amide bonds. The fourth-order valence-corrected chi connectivity index (χ4v) is 9.84. The summed E-state index contributed by atoms with van der Waals surface area (Å²) in [5.74, 6) is -1.29. The van der Waals surface area contributed by atoms with Crippen LogP contribution in [0.25, 0.3) is 0 Å². The fraction of sp³-hybridized carbons (Fsp3) is 0.606. The summed E-state index contributed by atoms with van der Waals surface area (Å²) in [4.78, 5) is 48.8. The molecule has 3 heterocycles. The van der Waals surface area contributed by atoms with Gasteiger partial charge in [-0.2, -0.15) is 0 Å². The molecule has 4 rings (SSSR count). The first-order chi connectivity index (χ1) is 19.8. The number of carbonyl (C=O) groups is 3. The summed E-state index contributed by atoms with van der Waals surface area (Å²) < 4.78 is -0.721. The average Bonchev–Trinajstić information content (AvgIpc) is 3.57. The molecule has 1 N–H and O–H groups in total. The average molecular weight is 582 g/mol. The lowest BCUT2D eigenvalue weighted by Crippen LogP contribution is -2.59. The van der Waals surface area contributed by atoms with Gasteiger partial charge in [0.15, 0.2) is 0 Å². The second-order valence-electron chi connectivity index (χ2n) is 11.8. The summed E-state index contributed by atoms with van der Waals surface area (Å²) in [6.07, 6.45) is 7.31. The third-order valence-corrected chi connectivity index (χ3v) is 11.3. The lowest BCUT2D eigenvalue weighted by Gasteiger charge is -2.42. The van der Waals surface area contributed by atoms with Gasteiger partial charge >= 0.3 is 0 Å². The summed E-state index contributed by atoms with van der Waals surface area (Å²) in [7, 11) is 0. The zero-order chi connectivity index (χ0) is 29.7. The van der Waals surface area contributed by atoms with E-state index < -0.39 is 28.7 Å². The topological polar surface area (TPSA) is 81.2 Å². The molecule has 3 saturated heterocycles. The number of aliphatic hydroxyl groups excluding tert-OH is 1. The van der Waals surface area contributed by atoms with Crippen LogP contribution in [0.1, 0.15) is 52.0 Å². The zero-order valence-corrected chi connectivity index (χ0v) is 25.7. The number of amides is 3. The number of likely N-dealkylation sites (tertiary alicyclic amines) is 1. The monoisotopic (exact) mass is 581 g/mol. The Kier molecular flexibility index (Phi) is 10.4. The van der Waals surface area contributed by atoms with Gasteiger partial charge < -0.3 is 19.8 Å². The van der Waals surface area contributed by atoms with Crippen LogP contribution in [-0.4, -0.2) is 92.4 Å². The first kappa shape index (κ1) is 31.4. The Balaban J connectivity index is 1.81. The molecule has 1 aromatic rings. The van der Waals surface area contributed by atoms with Crippen molar-refractivity contribution in [3.8, 4) is 0 Å². The fourth-order valence-electron chi connectivity index (χ4n) is 7.45. The van der Waals surface area contributed by atoms with E-state index in [-0.39, 0.29) is 35.5 Å². The van der Waals surface area contributed by atoms with Crippen molar-refractivity contribution >= 4 is 29.5 Å². The highest BCUT2D eigenvalue weighted by Gasteiger charge is 2.77. The van der Waals surface area contributed by atoms with E-state index in [1.807, 2.05) is 47.1 Å². The Morgan fingerprint density at radius 2 is 1.76 bits per heavy atom. The number of fused-ring (bicyclic) bond motifs is 1. The van der Waals surface area contributed by atoms with Gasteiger partial charge in [-0.3, -0.25) is 14.4 Å². The number of carbonyl (C=O) groups excluding carboxylic acids is 3. The van der Waals surface area contributed by atoms with Crippen LogP contribution in [0, 0.1) is 17.8 Å². The minimum absolute atomic E-state index is 0.0121. The number of nitrogens with zero attached hydrogens (tertiary/aromatic N) is 3. The molecule has 3 aliphatic rings.